The lowest BCUT2D eigenvalue weighted by molar-refractivity contribution is -0.119. The van der Waals surface area contributed by atoms with E-state index < -0.39 is 40.9 Å². The van der Waals surface area contributed by atoms with E-state index in [1.807, 2.05) is 0 Å². The topological polar surface area (TPSA) is 93.6 Å². The first kappa shape index (κ1) is 30.5. The van der Waals surface area contributed by atoms with Gasteiger partial charge in [-0.1, -0.05) is 6.92 Å². The number of aliphatic hydroxyl groups excluding tert-OH is 1. The number of hydrogen-bond acceptors (Lipinski definition) is 7. The second-order valence-corrected chi connectivity index (χ2v) is 11.2. The number of carbonyl (C=O) groups excluding carboxylic acids is 1. The average Bonchev–Trinajstić information content (AvgIpc) is 2.92. The van der Waals surface area contributed by atoms with Gasteiger partial charge in [0.05, 0.1) is 5.69 Å². The molecule has 1 aliphatic carbocycles. The molecule has 2 heterocycles. The summed E-state index contributed by atoms with van der Waals surface area (Å²) in [5.41, 5.74) is 1.22. The molecule has 3 aromatic rings. The van der Waals surface area contributed by atoms with Crippen LogP contribution in [0.1, 0.15) is 36.6 Å². The number of rotatable bonds is 9. The van der Waals surface area contributed by atoms with Crippen LogP contribution in [0, 0.1) is 47.7 Å². The zero-order chi connectivity index (χ0) is 31.2. The average molecular weight is 609 g/mol. The number of anilines is 3. The number of nitrogens with zero attached hydrogens (tertiary/aromatic N) is 4. The van der Waals surface area contributed by atoms with Crippen molar-refractivity contribution in [3.63, 3.8) is 0 Å². The van der Waals surface area contributed by atoms with Gasteiger partial charge in [-0.3, -0.25) is 9.69 Å². The lowest BCUT2D eigenvalue weighted by atomic mass is 9.85. The molecule has 3 N–H and O–H groups in total. The fraction of sp³-hybridized carbons (Fsp3) is 0.414. The van der Waals surface area contributed by atoms with E-state index in [2.05, 4.69) is 20.6 Å². The molecule has 5 rings (SSSR count). The van der Waals surface area contributed by atoms with Crippen molar-refractivity contribution >= 4 is 23.4 Å². The number of aryl methyl sites for hydroxylation is 1. The Labute approximate surface area is 243 Å². The summed E-state index contributed by atoms with van der Waals surface area (Å²) in [4.78, 5) is 25.1. The molecule has 0 bridgehead atoms. The van der Waals surface area contributed by atoms with E-state index >= 15 is 0 Å². The normalized spacial score (nSPS) is 20.5. The predicted molar refractivity (Wildman–Crippen MR) is 146 cm³/mol. The molecule has 1 unspecified atom stereocenters. The monoisotopic (exact) mass is 608 g/mol. The van der Waals surface area contributed by atoms with Crippen molar-refractivity contribution < 1.29 is 36.2 Å². The minimum Gasteiger partial charge on any atom is -0.396 e. The number of halogens is 6. The molecular weight excluding hydrogens is 578 g/mol. The summed E-state index contributed by atoms with van der Waals surface area (Å²) in [6, 6.07) is 2.41. The van der Waals surface area contributed by atoms with Gasteiger partial charge in [-0.25, -0.2) is 31.3 Å². The quantitative estimate of drug-likeness (QED) is 0.241. The molecule has 8 nitrogen and oxygen atoms in total. The third kappa shape index (κ3) is 6.11. The maximum Gasteiger partial charge on any atom is 0.247 e. The summed E-state index contributed by atoms with van der Waals surface area (Å²) in [6.07, 6.45) is 0.961. The number of benzene rings is 2. The van der Waals surface area contributed by atoms with Gasteiger partial charge in [-0.05, 0) is 55.2 Å². The number of nitrogens with one attached hydrogen (secondary N) is 2. The van der Waals surface area contributed by atoms with Gasteiger partial charge in [-0.2, -0.15) is 4.98 Å². The summed E-state index contributed by atoms with van der Waals surface area (Å²) < 4.78 is 82.8. The van der Waals surface area contributed by atoms with Crippen LogP contribution in [0.5, 0.6) is 0 Å². The molecule has 43 heavy (non-hydrogen) atoms. The highest BCUT2D eigenvalue weighted by Gasteiger charge is 2.38. The first-order valence-corrected chi connectivity index (χ1v) is 13.7. The highest BCUT2D eigenvalue weighted by atomic mass is 19.2. The lowest BCUT2D eigenvalue weighted by Gasteiger charge is -2.43. The van der Waals surface area contributed by atoms with Gasteiger partial charge in [0.2, 0.25) is 11.9 Å². The zero-order valence-corrected chi connectivity index (χ0v) is 23.6. The molecule has 0 radical (unpaired) electrons. The molecule has 0 saturated heterocycles. The van der Waals surface area contributed by atoms with E-state index in [4.69, 9.17) is 0 Å². The molecule has 1 fully saturated rings. The van der Waals surface area contributed by atoms with Crippen LogP contribution in [0.15, 0.2) is 24.3 Å². The second-order valence-electron chi connectivity index (χ2n) is 11.2. The molecule has 1 aromatic heterocycles. The molecule has 1 aliphatic heterocycles. The van der Waals surface area contributed by atoms with Crippen molar-refractivity contribution in [3.05, 3.63) is 76.0 Å². The Hall–Kier alpha value is -3.91. The van der Waals surface area contributed by atoms with Gasteiger partial charge in [0.25, 0.3) is 0 Å². The minimum atomic E-state index is -1.60. The third-order valence-electron chi connectivity index (χ3n) is 7.99. The number of likely N-dealkylation sites (N-methyl/N-ethyl adjacent to an activating group) is 1. The molecule has 1 amide bonds. The summed E-state index contributed by atoms with van der Waals surface area (Å²) in [7, 11) is 1.71. The number of amides is 1. The van der Waals surface area contributed by atoms with Crippen molar-refractivity contribution in [2.75, 3.05) is 29.2 Å². The van der Waals surface area contributed by atoms with E-state index in [1.54, 1.807) is 30.7 Å². The highest BCUT2D eigenvalue weighted by molar-refractivity contribution is 6.03. The van der Waals surface area contributed by atoms with Crippen molar-refractivity contribution in [2.24, 2.45) is 5.92 Å². The van der Waals surface area contributed by atoms with E-state index in [-0.39, 0.29) is 54.7 Å². The van der Waals surface area contributed by atoms with E-state index in [0.29, 0.717) is 36.0 Å². The van der Waals surface area contributed by atoms with Crippen molar-refractivity contribution in [1.29, 1.82) is 0 Å². The zero-order valence-electron chi connectivity index (χ0n) is 23.6. The third-order valence-corrected chi connectivity index (χ3v) is 7.99. The van der Waals surface area contributed by atoms with Crippen LogP contribution in [0.4, 0.5) is 43.8 Å². The summed E-state index contributed by atoms with van der Waals surface area (Å²) in [5.74, 6) is -8.49. The van der Waals surface area contributed by atoms with Crippen LogP contribution < -0.4 is 15.5 Å². The van der Waals surface area contributed by atoms with Gasteiger partial charge in [0.15, 0.2) is 40.7 Å². The Kier molecular flexibility index (Phi) is 8.52. The van der Waals surface area contributed by atoms with Gasteiger partial charge in [0, 0.05) is 44.7 Å². The summed E-state index contributed by atoms with van der Waals surface area (Å²) in [6.45, 7) is 3.14. The Morgan fingerprint density at radius 1 is 0.977 bits per heavy atom. The van der Waals surface area contributed by atoms with Crippen molar-refractivity contribution in [1.82, 2.24) is 14.9 Å². The van der Waals surface area contributed by atoms with Gasteiger partial charge in [0.1, 0.15) is 11.7 Å². The lowest BCUT2D eigenvalue weighted by Crippen LogP contribution is -2.51. The highest BCUT2D eigenvalue weighted by Crippen LogP contribution is 2.36. The standard InChI is InChI=1S/C29H30F6N6O2/c1-13(12-42)26-28(43)38-25-14(2)36-29(39-27(25)40(26)3)37-17-8-18(9-17)41(10-15-4-19(30)23(34)20(31)5-15)11-16-6-21(32)24(35)22(33)7-16/h4-7,13,17-18,26,42H,8-12H2,1-3H3,(H,38,43)(H,36,37,39)/t13-,17?,18?,26?/m0/s1. The fourth-order valence-corrected chi connectivity index (χ4v) is 5.64. The van der Waals surface area contributed by atoms with Crippen molar-refractivity contribution in [2.45, 2.75) is 57.9 Å². The Morgan fingerprint density at radius 2 is 1.49 bits per heavy atom. The molecular formula is C29H30F6N6O2. The number of carbonyl (C=O) groups is 1. The van der Waals surface area contributed by atoms with Gasteiger partial charge in [-0.15, -0.1) is 0 Å². The molecule has 2 atom stereocenters. The first-order chi connectivity index (χ1) is 20.4. The van der Waals surface area contributed by atoms with E-state index in [0.717, 1.165) is 24.3 Å². The summed E-state index contributed by atoms with van der Waals surface area (Å²) in [5, 5.41) is 15.7. The van der Waals surface area contributed by atoms with Crippen LogP contribution in [0.3, 0.4) is 0 Å². The van der Waals surface area contributed by atoms with Gasteiger partial charge < -0.3 is 20.6 Å². The number of fused-ring (bicyclic) bond motifs is 1. The fourth-order valence-electron chi connectivity index (χ4n) is 5.64. The predicted octanol–water partition coefficient (Wildman–Crippen LogP) is 4.65. The van der Waals surface area contributed by atoms with E-state index in [9.17, 15) is 36.2 Å². The van der Waals surface area contributed by atoms with Crippen molar-refractivity contribution in [3.8, 4) is 0 Å². The van der Waals surface area contributed by atoms with Crippen LogP contribution in [0.2, 0.25) is 0 Å². The number of aromatic nitrogens is 2. The van der Waals surface area contributed by atoms with Crippen LogP contribution in [0.25, 0.3) is 0 Å². The smallest absolute Gasteiger partial charge is 0.247 e. The number of hydrogen-bond donors (Lipinski definition) is 3. The van der Waals surface area contributed by atoms with E-state index in [1.165, 1.54) is 0 Å². The Bertz CT molecular complexity index is 1450. The number of aliphatic hydroxyl groups is 1. The molecule has 2 aromatic carbocycles. The summed E-state index contributed by atoms with van der Waals surface area (Å²) >= 11 is 0. The Balaban J connectivity index is 1.33. The SMILES string of the molecule is Cc1nc(NC2CC(N(Cc3cc(F)c(F)c(F)c3)Cc3cc(F)c(F)c(F)c3)C2)nc2c1NC(=O)C([C@@H](C)CO)N2C. The maximum absolute atomic E-state index is 13.9. The molecule has 14 heteroatoms. The first-order valence-electron chi connectivity index (χ1n) is 13.7. The van der Waals surface area contributed by atoms with Crippen LogP contribution >= 0.6 is 0 Å². The maximum atomic E-state index is 13.9. The second kappa shape index (κ2) is 12.0. The van der Waals surface area contributed by atoms with Crippen LogP contribution in [-0.2, 0) is 17.9 Å². The molecule has 2 aliphatic rings. The molecule has 230 valence electrons. The van der Waals surface area contributed by atoms with Gasteiger partial charge >= 0.3 is 0 Å². The Morgan fingerprint density at radius 3 is 1.98 bits per heavy atom. The van der Waals surface area contributed by atoms with Crippen LogP contribution in [-0.4, -0.2) is 57.7 Å². The minimum absolute atomic E-state index is 0.0739. The molecule has 0 spiro atoms. The molecule has 1 saturated carbocycles. The largest absolute Gasteiger partial charge is 0.396 e.